The zero-order valence-electron chi connectivity index (χ0n) is 12.0. The van der Waals surface area contributed by atoms with Crippen LogP contribution in [0.3, 0.4) is 0 Å². The Bertz CT molecular complexity index is 722. The molecule has 0 bridgehead atoms. The van der Waals surface area contributed by atoms with Gasteiger partial charge in [0, 0.05) is 12.3 Å². The maximum atomic E-state index is 11.8. The summed E-state index contributed by atoms with van der Waals surface area (Å²) in [4.78, 5) is 16.4. The lowest BCUT2D eigenvalue weighted by molar-refractivity contribution is -0.118. The number of fused-ring (bicyclic) bond motifs is 1. The Morgan fingerprint density at radius 1 is 1.09 bits per heavy atom. The van der Waals surface area contributed by atoms with Crippen LogP contribution in [0.5, 0.6) is 0 Å². The average Bonchev–Trinajstić information content (AvgIpc) is 2.96. The highest BCUT2D eigenvalue weighted by Crippen LogP contribution is 2.24. The van der Waals surface area contributed by atoms with E-state index in [1.807, 2.05) is 48.5 Å². The monoisotopic (exact) mass is 328 g/mol. The van der Waals surface area contributed by atoms with E-state index < -0.39 is 0 Å². The molecule has 3 rings (SSSR count). The van der Waals surface area contributed by atoms with Crippen LogP contribution >= 0.6 is 23.1 Å². The minimum Gasteiger partial charge on any atom is -0.351 e. The molecule has 0 aliphatic carbocycles. The number of thiazole rings is 1. The van der Waals surface area contributed by atoms with Gasteiger partial charge < -0.3 is 5.32 Å². The van der Waals surface area contributed by atoms with Gasteiger partial charge in [0.25, 0.3) is 0 Å². The molecule has 2 aromatic carbocycles. The topological polar surface area (TPSA) is 42.0 Å². The number of benzene rings is 2. The lowest BCUT2D eigenvalue weighted by Crippen LogP contribution is -2.24. The fraction of sp³-hybridized carbons (Fsp3) is 0.176. The SMILES string of the molecule is O=C(CSCc1nc2ccccc2s1)NCc1ccccc1. The van der Waals surface area contributed by atoms with Gasteiger partial charge in [0.2, 0.25) is 5.91 Å². The van der Waals surface area contributed by atoms with Crippen molar-refractivity contribution in [3.8, 4) is 0 Å². The molecule has 0 atom stereocenters. The summed E-state index contributed by atoms with van der Waals surface area (Å²) in [6, 6.07) is 18.1. The predicted molar refractivity (Wildman–Crippen MR) is 94.1 cm³/mol. The number of hydrogen-bond acceptors (Lipinski definition) is 4. The molecule has 0 radical (unpaired) electrons. The quantitative estimate of drug-likeness (QED) is 0.747. The first-order valence-electron chi connectivity index (χ1n) is 7.04. The predicted octanol–water partition coefficient (Wildman–Crippen LogP) is 3.85. The van der Waals surface area contributed by atoms with E-state index in [9.17, 15) is 4.79 Å². The van der Waals surface area contributed by atoms with Crippen molar-refractivity contribution in [2.45, 2.75) is 12.3 Å². The van der Waals surface area contributed by atoms with Crippen LogP contribution in [0.4, 0.5) is 0 Å². The molecular weight excluding hydrogens is 312 g/mol. The minimum absolute atomic E-state index is 0.0648. The molecule has 0 spiro atoms. The summed E-state index contributed by atoms with van der Waals surface area (Å²) in [6.45, 7) is 0.585. The van der Waals surface area contributed by atoms with Crippen LogP contribution in [0.15, 0.2) is 54.6 Å². The first kappa shape index (κ1) is 15.1. The molecule has 22 heavy (non-hydrogen) atoms. The van der Waals surface area contributed by atoms with Gasteiger partial charge in [-0.2, -0.15) is 0 Å². The number of carbonyl (C=O) groups is 1. The van der Waals surface area contributed by atoms with Crippen molar-refractivity contribution in [3.05, 3.63) is 65.2 Å². The van der Waals surface area contributed by atoms with Crippen LogP contribution in [0.2, 0.25) is 0 Å². The molecule has 1 aromatic heterocycles. The number of nitrogens with one attached hydrogen (secondary N) is 1. The summed E-state index contributed by atoms with van der Waals surface area (Å²) in [6.07, 6.45) is 0. The fourth-order valence-corrected chi connectivity index (χ4v) is 3.94. The first-order chi connectivity index (χ1) is 10.8. The highest BCUT2D eigenvalue weighted by molar-refractivity contribution is 7.99. The molecule has 0 fully saturated rings. The van der Waals surface area contributed by atoms with Gasteiger partial charge in [-0.25, -0.2) is 4.98 Å². The number of hydrogen-bond donors (Lipinski definition) is 1. The molecule has 1 N–H and O–H groups in total. The molecule has 0 aliphatic heterocycles. The molecule has 0 saturated carbocycles. The summed E-state index contributed by atoms with van der Waals surface area (Å²) in [5, 5.41) is 4.01. The van der Waals surface area contributed by atoms with E-state index in [2.05, 4.69) is 16.4 Å². The van der Waals surface area contributed by atoms with Crippen molar-refractivity contribution in [2.24, 2.45) is 0 Å². The molecule has 1 heterocycles. The van der Waals surface area contributed by atoms with Crippen LogP contribution in [0.1, 0.15) is 10.6 Å². The zero-order chi connectivity index (χ0) is 15.2. The standard InChI is InChI=1S/C17H16N2OS2/c20-16(18-10-13-6-2-1-3-7-13)11-21-12-17-19-14-8-4-5-9-15(14)22-17/h1-9H,10-12H2,(H,18,20). The lowest BCUT2D eigenvalue weighted by atomic mass is 10.2. The number of thioether (sulfide) groups is 1. The Kier molecular flexibility index (Phi) is 5.08. The van der Waals surface area contributed by atoms with Crippen molar-refractivity contribution in [1.29, 1.82) is 0 Å². The molecule has 0 saturated heterocycles. The summed E-state index contributed by atoms with van der Waals surface area (Å²) in [5.74, 6) is 1.30. The van der Waals surface area contributed by atoms with E-state index in [0.717, 1.165) is 21.8 Å². The molecule has 3 aromatic rings. The zero-order valence-corrected chi connectivity index (χ0v) is 13.6. The molecule has 0 unspecified atom stereocenters. The van der Waals surface area contributed by atoms with Crippen LogP contribution in [-0.2, 0) is 17.1 Å². The maximum Gasteiger partial charge on any atom is 0.230 e. The summed E-state index contributed by atoms with van der Waals surface area (Å²) in [7, 11) is 0. The van der Waals surface area contributed by atoms with Crippen molar-refractivity contribution in [2.75, 3.05) is 5.75 Å². The Balaban J connectivity index is 1.43. The van der Waals surface area contributed by atoms with E-state index in [0.29, 0.717) is 12.3 Å². The van der Waals surface area contributed by atoms with Gasteiger partial charge in [0.05, 0.1) is 16.0 Å². The third-order valence-corrected chi connectivity index (χ3v) is 5.29. The van der Waals surface area contributed by atoms with Crippen molar-refractivity contribution < 1.29 is 4.79 Å². The van der Waals surface area contributed by atoms with Crippen LogP contribution in [0, 0.1) is 0 Å². The van der Waals surface area contributed by atoms with Crippen LogP contribution in [-0.4, -0.2) is 16.6 Å². The van der Waals surface area contributed by atoms with E-state index in [4.69, 9.17) is 0 Å². The number of nitrogens with zero attached hydrogens (tertiary/aromatic N) is 1. The first-order valence-corrected chi connectivity index (χ1v) is 9.01. The summed E-state index contributed by atoms with van der Waals surface area (Å²) >= 11 is 3.30. The van der Waals surface area contributed by atoms with Crippen molar-refractivity contribution >= 4 is 39.2 Å². The molecule has 0 aliphatic rings. The highest BCUT2D eigenvalue weighted by Gasteiger charge is 2.06. The third-order valence-electron chi connectivity index (χ3n) is 3.13. The largest absolute Gasteiger partial charge is 0.351 e. The number of para-hydroxylation sites is 1. The molecular formula is C17H16N2OS2. The van der Waals surface area contributed by atoms with E-state index >= 15 is 0 Å². The van der Waals surface area contributed by atoms with Gasteiger partial charge in [-0.05, 0) is 17.7 Å². The Hall–Kier alpha value is -1.85. The second-order valence-corrected chi connectivity index (χ2v) is 6.93. The molecule has 112 valence electrons. The third kappa shape index (κ3) is 4.08. The van der Waals surface area contributed by atoms with E-state index in [1.165, 1.54) is 4.70 Å². The maximum absolute atomic E-state index is 11.8. The van der Waals surface area contributed by atoms with Gasteiger partial charge in [-0.15, -0.1) is 23.1 Å². The fourth-order valence-electron chi connectivity index (χ4n) is 2.06. The van der Waals surface area contributed by atoms with Gasteiger partial charge >= 0.3 is 0 Å². The smallest absolute Gasteiger partial charge is 0.230 e. The second-order valence-electron chi connectivity index (χ2n) is 4.83. The molecule has 5 heteroatoms. The number of rotatable bonds is 6. The minimum atomic E-state index is 0.0648. The highest BCUT2D eigenvalue weighted by atomic mass is 32.2. The van der Waals surface area contributed by atoms with Gasteiger partial charge in [0.1, 0.15) is 5.01 Å². The van der Waals surface area contributed by atoms with Crippen LogP contribution in [0.25, 0.3) is 10.2 Å². The average molecular weight is 328 g/mol. The van der Waals surface area contributed by atoms with E-state index in [-0.39, 0.29) is 5.91 Å². The number of aromatic nitrogens is 1. The molecule has 1 amide bonds. The second kappa shape index (κ2) is 7.42. The van der Waals surface area contributed by atoms with Gasteiger partial charge in [-0.1, -0.05) is 42.5 Å². The Labute approximate surface area is 137 Å². The van der Waals surface area contributed by atoms with Crippen molar-refractivity contribution in [3.63, 3.8) is 0 Å². The molecule has 3 nitrogen and oxygen atoms in total. The van der Waals surface area contributed by atoms with Crippen LogP contribution < -0.4 is 5.32 Å². The van der Waals surface area contributed by atoms with Gasteiger partial charge in [0.15, 0.2) is 0 Å². The summed E-state index contributed by atoms with van der Waals surface area (Å²) < 4.78 is 1.20. The Morgan fingerprint density at radius 2 is 1.86 bits per heavy atom. The lowest BCUT2D eigenvalue weighted by Gasteiger charge is -2.04. The number of carbonyl (C=O) groups excluding carboxylic acids is 1. The van der Waals surface area contributed by atoms with Gasteiger partial charge in [-0.3, -0.25) is 4.79 Å². The normalized spacial score (nSPS) is 10.7. The number of amides is 1. The van der Waals surface area contributed by atoms with Crippen molar-refractivity contribution in [1.82, 2.24) is 10.3 Å². The summed E-state index contributed by atoms with van der Waals surface area (Å²) in [5.41, 5.74) is 2.16. The Morgan fingerprint density at radius 3 is 2.68 bits per heavy atom. The van der Waals surface area contributed by atoms with E-state index in [1.54, 1.807) is 23.1 Å².